The lowest BCUT2D eigenvalue weighted by Gasteiger charge is -2.47. The van der Waals surface area contributed by atoms with Crippen LogP contribution in [0.4, 0.5) is 5.82 Å². The smallest absolute Gasteiger partial charge is 0.336 e. The zero-order valence-electron chi connectivity index (χ0n) is 15.9. The van der Waals surface area contributed by atoms with Crippen LogP contribution in [0.3, 0.4) is 0 Å². The van der Waals surface area contributed by atoms with Crippen LogP contribution in [0.1, 0.15) is 58.1 Å². The van der Waals surface area contributed by atoms with Crippen molar-refractivity contribution in [2.45, 2.75) is 64.9 Å². The highest BCUT2D eigenvalue weighted by Crippen LogP contribution is 2.42. The largest absolute Gasteiger partial charge is 0.459 e. The van der Waals surface area contributed by atoms with Crippen LogP contribution in [0.15, 0.2) is 6.20 Å². The van der Waals surface area contributed by atoms with Crippen molar-refractivity contribution in [3.8, 4) is 6.01 Å². The topological polar surface area (TPSA) is 90.4 Å². The molecule has 2 aromatic heterocycles. The summed E-state index contributed by atoms with van der Waals surface area (Å²) < 4.78 is 7.69. The molecule has 0 bridgehead atoms. The minimum atomic E-state index is 0.0782. The molecule has 1 atom stereocenters. The Morgan fingerprint density at radius 1 is 1.38 bits per heavy atom. The van der Waals surface area contributed by atoms with E-state index in [0.29, 0.717) is 28.8 Å². The summed E-state index contributed by atoms with van der Waals surface area (Å²) in [5, 5.41) is 8.00. The van der Waals surface area contributed by atoms with Crippen LogP contribution in [0.2, 0.25) is 0 Å². The summed E-state index contributed by atoms with van der Waals surface area (Å²) in [6.07, 6.45) is 10.2. The van der Waals surface area contributed by atoms with Crippen molar-refractivity contribution in [3.05, 3.63) is 11.9 Å². The number of nitrogens with two attached hydrogens (primary N) is 1. The van der Waals surface area contributed by atoms with E-state index < -0.39 is 0 Å². The molecule has 2 fully saturated rings. The SMILES string of the molecule is CCCC(C)Oc1nc(N)c2ncc(CC3CCC4(CC3)CNC4)n2n1. The van der Waals surface area contributed by atoms with E-state index in [9.17, 15) is 0 Å². The summed E-state index contributed by atoms with van der Waals surface area (Å²) >= 11 is 0. The van der Waals surface area contributed by atoms with Crippen LogP contribution in [0, 0.1) is 11.3 Å². The Hall–Kier alpha value is -1.89. The first-order valence-electron chi connectivity index (χ1n) is 9.96. The third kappa shape index (κ3) is 3.37. The minimum absolute atomic E-state index is 0.0782. The highest BCUT2D eigenvalue weighted by Gasteiger charge is 2.40. The molecule has 1 saturated heterocycles. The van der Waals surface area contributed by atoms with E-state index in [2.05, 4.69) is 27.3 Å². The molecule has 3 heterocycles. The zero-order chi connectivity index (χ0) is 18.1. The van der Waals surface area contributed by atoms with Crippen LogP contribution in [-0.2, 0) is 6.42 Å². The van der Waals surface area contributed by atoms with Gasteiger partial charge in [0.15, 0.2) is 11.5 Å². The summed E-state index contributed by atoms with van der Waals surface area (Å²) in [6, 6.07) is 0.346. The van der Waals surface area contributed by atoms with Gasteiger partial charge in [-0.15, -0.1) is 5.10 Å². The maximum Gasteiger partial charge on any atom is 0.336 e. The van der Waals surface area contributed by atoms with Gasteiger partial charge in [-0.3, -0.25) is 0 Å². The lowest BCUT2D eigenvalue weighted by atomic mass is 9.66. The van der Waals surface area contributed by atoms with E-state index in [1.165, 1.54) is 38.8 Å². The fourth-order valence-electron chi connectivity index (χ4n) is 4.38. The number of nitrogens with zero attached hydrogens (tertiary/aromatic N) is 4. The van der Waals surface area contributed by atoms with Gasteiger partial charge < -0.3 is 15.8 Å². The van der Waals surface area contributed by atoms with E-state index in [1.54, 1.807) is 0 Å². The third-order valence-electron chi connectivity index (χ3n) is 6.10. The summed E-state index contributed by atoms with van der Waals surface area (Å²) in [5.41, 5.74) is 8.43. The van der Waals surface area contributed by atoms with Gasteiger partial charge in [-0.2, -0.15) is 4.98 Å². The molecule has 142 valence electrons. The number of imidazole rings is 1. The molecule has 7 nitrogen and oxygen atoms in total. The van der Waals surface area contributed by atoms with E-state index in [0.717, 1.165) is 25.0 Å². The molecule has 0 aromatic carbocycles. The second kappa shape index (κ2) is 7.02. The summed E-state index contributed by atoms with van der Waals surface area (Å²) in [5.74, 6) is 1.08. The predicted octanol–water partition coefficient (Wildman–Crippen LogP) is 2.60. The standard InChI is InChI=1S/C19H30N6O/c1-3-4-13(2)26-18-23-16(20)17-22-10-15(25(17)24-18)9-14-5-7-19(8-6-14)11-21-12-19/h10,13-14,21H,3-9,11-12H2,1-2H3,(H2,20,23,24). The molecule has 1 saturated carbocycles. The lowest BCUT2D eigenvalue weighted by Crippen LogP contribution is -2.54. The van der Waals surface area contributed by atoms with Gasteiger partial charge in [0, 0.05) is 13.1 Å². The van der Waals surface area contributed by atoms with Crippen molar-refractivity contribution in [2.24, 2.45) is 11.3 Å². The molecule has 26 heavy (non-hydrogen) atoms. The Bertz CT molecular complexity index is 759. The first kappa shape index (κ1) is 17.5. The molecular formula is C19H30N6O. The lowest BCUT2D eigenvalue weighted by molar-refractivity contribution is 0.0814. The molecule has 1 aliphatic heterocycles. The Kier molecular flexibility index (Phi) is 4.73. The Morgan fingerprint density at radius 3 is 2.81 bits per heavy atom. The van der Waals surface area contributed by atoms with Crippen LogP contribution < -0.4 is 15.8 Å². The van der Waals surface area contributed by atoms with Gasteiger partial charge in [-0.05, 0) is 56.8 Å². The number of anilines is 1. The first-order chi connectivity index (χ1) is 12.6. The Balaban J connectivity index is 1.49. The van der Waals surface area contributed by atoms with Gasteiger partial charge in [-0.25, -0.2) is 9.50 Å². The first-order valence-corrected chi connectivity index (χ1v) is 9.96. The molecule has 0 radical (unpaired) electrons. The normalized spacial score (nSPS) is 21.0. The van der Waals surface area contributed by atoms with Crippen molar-refractivity contribution in [2.75, 3.05) is 18.8 Å². The highest BCUT2D eigenvalue weighted by molar-refractivity contribution is 5.59. The number of fused-ring (bicyclic) bond motifs is 1. The van der Waals surface area contributed by atoms with E-state index in [1.807, 2.05) is 17.6 Å². The van der Waals surface area contributed by atoms with Crippen molar-refractivity contribution < 1.29 is 4.74 Å². The molecule has 1 unspecified atom stereocenters. The molecule has 2 aromatic rings. The van der Waals surface area contributed by atoms with Crippen LogP contribution >= 0.6 is 0 Å². The molecule has 7 heteroatoms. The van der Waals surface area contributed by atoms with Crippen molar-refractivity contribution >= 4 is 11.5 Å². The molecule has 1 aliphatic carbocycles. The predicted molar refractivity (Wildman–Crippen MR) is 101 cm³/mol. The fourth-order valence-corrected chi connectivity index (χ4v) is 4.38. The second-order valence-electron chi connectivity index (χ2n) is 8.23. The second-order valence-corrected chi connectivity index (χ2v) is 8.23. The molecule has 0 amide bonds. The third-order valence-corrected chi connectivity index (χ3v) is 6.10. The van der Waals surface area contributed by atoms with Gasteiger partial charge >= 0.3 is 6.01 Å². The number of ether oxygens (including phenoxy) is 1. The number of hydrogen-bond donors (Lipinski definition) is 2. The van der Waals surface area contributed by atoms with Gasteiger partial charge in [-0.1, -0.05) is 13.3 Å². The van der Waals surface area contributed by atoms with Gasteiger partial charge in [0.05, 0.1) is 18.0 Å². The number of nitrogen functional groups attached to an aromatic ring is 1. The van der Waals surface area contributed by atoms with Crippen LogP contribution in [0.5, 0.6) is 6.01 Å². The van der Waals surface area contributed by atoms with Crippen LogP contribution in [0.25, 0.3) is 5.65 Å². The number of aromatic nitrogens is 4. The number of hydrogen-bond acceptors (Lipinski definition) is 6. The highest BCUT2D eigenvalue weighted by atomic mass is 16.5. The molecular weight excluding hydrogens is 328 g/mol. The van der Waals surface area contributed by atoms with Crippen molar-refractivity contribution in [1.29, 1.82) is 0 Å². The van der Waals surface area contributed by atoms with Gasteiger partial charge in [0.25, 0.3) is 0 Å². The van der Waals surface area contributed by atoms with E-state index in [4.69, 9.17) is 10.5 Å². The summed E-state index contributed by atoms with van der Waals surface area (Å²) in [4.78, 5) is 8.72. The quantitative estimate of drug-likeness (QED) is 0.825. The minimum Gasteiger partial charge on any atom is -0.459 e. The average molecular weight is 358 g/mol. The zero-order valence-corrected chi connectivity index (χ0v) is 15.9. The van der Waals surface area contributed by atoms with Crippen LogP contribution in [-0.4, -0.2) is 38.8 Å². The van der Waals surface area contributed by atoms with Gasteiger partial charge in [0.1, 0.15) is 0 Å². The molecule has 1 spiro atoms. The summed E-state index contributed by atoms with van der Waals surface area (Å²) in [7, 11) is 0. The maximum absolute atomic E-state index is 6.09. The number of rotatable bonds is 6. The molecule has 2 aliphatic rings. The van der Waals surface area contributed by atoms with Gasteiger partial charge in [0.2, 0.25) is 0 Å². The average Bonchev–Trinajstić information content (AvgIpc) is 2.98. The van der Waals surface area contributed by atoms with Crippen molar-refractivity contribution in [1.82, 2.24) is 24.9 Å². The number of nitrogens with one attached hydrogen (secondary N) is 1. The van der Waals surface area contributed by atoms with E-state index >= 15 is 0 Å². The van der Waals surface area contributed by atoms with Crippen molar-refractivity contribution in [3.63, 3.8) is 0 Å². The Morgan fingerprint density at radius 2 is 2.15 bits per heavy atom. The molecule has 3 N–H and O–H groups in total. The monoisotopic (exact) mass is 358 g/mol. The van der Waals surface area contributed by atoms with E-state index in [-0.39, 0.29) is 6.10 Å². The maximum atomic E-state index is 6.09. The fraction of sp³-hybridized carbons (Fsp3) is 0.737. The Labute approximate surface area is 154 Å². The molecule has 4 rings (SSSR count). The summed E-state index contributed by atoms with van der Waals surface area (Å²) in [6.45, 7) is 6.58.